The standard InChI is InChI=1S/C14H23F2N3O2/c1-18-6-7-19(9-11(8-18)12(17)20)13(21)10-2-4-14(15,16)5-3-10/h10-11H,2-9H2,1H3,(H2,17,20). The number of alkyl halides is 2. The summed E-state index contributed by atoms with van der Waals surface area (Å²) >= 11 is 0. The van der Waals surface area contributed by atoms with Gasteiger partial charge in [0.2, 0.25) is 17.7 Å². The summed E-state index contributed by atoms with van der Waals surface area (Å²) in [5.41, 5.74) is 5.37. The number of rotatable bonds is 2. The molecule has 1 saturated carbocycles. The summed E-state index contributed by atoms with van der Waals surface area (Å²) in [5, 5.41) is 0. The Labute approximate surface area is 123 Å². The molecule has 1 atom stereocenters. The first-order valence-electron chi connectivity index (χ1n) is 7.43. The highest BCUT2D eigenvalue weighted by atomic mass is 19.3. The number of hydrogen-bond acceptors (Lipinski definition) is 3. The zero-order chi connectivity index (χ0) is 15.6. The fraction of sp³-hybridized carbons (Fsp3) is 0.857. The van der Waals surface area contributed by atoms with Gasteiger partial charge in [0.15, 0.2) is 0 Å². The van der Waals surface area contributed by atoms with Crippen LogP contribution in [-0.2, 0) is 9.59 Å². The van der Waals surface area contributed by atoms with E-state index in [2.05, 4.69) is 0 Å². The van der Waals surface area contributed by atoms with Gasteiger partial charge in [0.1, 0.15) is 0 Å². The third kappa shape index (κ3) is 4.12. The average molecular weight is 303 g/mol. The molecule has 21 heavy (non-hydrogen) atoms. The Hall–Kier alpha value is -1.24. The van der Waals surface area contributed by atoms with Gasteiger partial charge < -0.3 is 15.5 Å². The first kappa shape index (κ1) is 16.1. The number of likely N-dealkylation sites (N-methyl/N-ethyl adjacent to an activating group) is 1. The summed E-state index contributed by atoms with van der Waals surface area (Å²) in [6.07, 6.45) is -0.00832. The molecule has 0 aromatic heterocycles. The van der Waals surface area contributed by atoms with Crippen molar-refractivity contribution in [3.05, 3.63) is 0 Å². The number of amides is 2. The summed E-state index contributed by atoms with van der Waals surface area (Å²) in [6.45, 7) is 2.01. The van der Waals surface area contributed by atoms with Crippen LogP contribution in [-0.4, -0.2) is 60.8 Å². The predicted octanol–water partition coefficient (Wildman–Crippen LogP) is 0.687. The normalized spacial score (nSPS) is 28.1. The molecule has 0 radical (unpaired) electrons. The molecule has 120 valence electrons. The van der Waals surface area contributed by atoms with Gasteiger partial charge in [-0.1, -0.05) is 0 Å². The van der Waals surface area contributed by atoms with Crippen molar-refractivity contribution >= 4 is 11.8 Å². The molecule has 5 nitrogen and oxygen atoms in total. The largest absolute Gasteiger partial charge is 0.369 e. The minimum absolute atomic E-state index is 0.105. The van der Waals surface area contributed by atoms with Crippen LogP contribution >= 0.6 is 0 Å². The smallest absolute Gasteiger partial charge is 0.248 e. The van der Waals surface area contributed by atoms with E-state index in [0.29, 0.717) is 26.2 Å². The van der Waals surface area contributed by atoms with Crippen molar-refractivity contribution in [2.24, 2.45) is 17.6 Å². The first-order chi connectivity index (χ1) is 9.78. The van der Waals surface area contributed by atoms with E-state index in [1.165, 1.54) is 0 Å². The minimum Gasteiger partial charge on any atom is -0.369 e. The number of nitrogens with zero attached hydrogens (tertiary/aromatic N) is 2. The van der Waals surface area contributed by atoms with Gasteiger partial charge in [-0.15, -0.1) is 0 Å². The highest BCUT2D eigenvalue weighted by Crippen LogP contribution is 2.37. The number of hydrogen-bond donors (Lipinski definition) is 1. The van der Waals surface area contributed by atoms with Gasteiger partial charge in [0.25, 0.3) is 0 Å². The Morgan fingerprint density at radius 3 is 2.29 bits per heavy atom. The molecule has 1 aliphatic heterocycles. The average Bonchev–Trinajstić information content (AvgIpc) is 2.60. The van der Waals surface area contributed by atoms with Gasteiger partial charge in [-0.3, -0.25) is 9.59 Å². The fourth-order valence-corrected chi connectivity index (χ4v) is 3.10. The fourth-order valence-electron chi connectivity index (χ4n) is 3.10. The van der Waals surface area contributed by atoms with E-state index in [1.807, 2.05) is 11.9 Å². The van der Waals surface area contributed by atoms with Crippen molar-refractivity contribution < 1.29 is 18.4 Å². The quantitative estimate of drug-likeness (QED) is 0.816. The summed E-state index contributed by atoms with van der Waals surface area (Å²) in [7, 11) is 1.88. The molecule has 2 N–H and O–H groups in total. The molecule has 1 saturated heterocycles. The topological polar surface area (TPSA) is 66.6 Å². The van der Waals surface area contributed by atoms with Crippen molar-refractivity contribution in [1.29, 1.82) is 0 Å². The van der Waals surface area contributed by atoms with Crippen molar-refractivity contribution in [2.75, 3.05) is 33.2 Å². The summed E-state index contributed by atoms with van der Waals surface area (Å²) in [5.74, 6) is -3.90. The van der Waals surface area contributed by atoms with Crippen molar-refractivity contribution in [3.63, 3.8) is 0 Å². The number of carbonyl (C=O) groups is 2. The Bertz CT molecular complexity index is 407. The molecule has 1 heterocycles. The van der Waals surface area contributed by atoms with Crippen LogP contribution in [0.3, 0.4) is 0 Å². The maximum absolute atomic E-state index is 13.2. The molecular weight excluding hydrogens is 280 g/mol. The van der Waals surface area contributed by atoms with Gasteiger partial charge in [-0.25, -0.2) is 8.78 Å². The number of primary amides is 1. The lowest BCUT2D eigenvalue weighted by Gasteiger charge is -2.32. The SMILES string of the molecule is CN1CCN(C(=O)C2CCC(F)(F)CC2)CC(C(N)=O)C1. The molecule has 2 amide bonds. The van der Waals surface area contributed by atoms with E-state index >= 15 is 0 Å². The van der Waals surface area contributed by atoms with Crippen LogP contribution in [0.1, 0.15) is 25.7 Å². The molecule has 0 aromatic carbocycles. The highest BCUT2D eigenvalue weighted by Gasteiger charge is 2.39. The van der Waals surface area contributed by atoms with Gasteiger partial charge >= 0.3 is 0 Å². The summed E-state index contributed by atoms with van der Waals surface area (Å²) in [4.78, 5) is 27.5. The molecule has 2 aliphatic rings. The van der Waals surface area contributed by atoms with E-state index in [-0.39, 0.29) is 37.5 Å². The molecule has 2 rings (SSSR count). The van der Waals surface area contributed by atoms with Crippen LogP contribution in [0.5, 0.6) is 0 Å². The van der Waals surface area contributed by atoms with Gasteiger partial charge in [0, 0.05) is 44.9 Å². The zero-order valence-electron chi connectivity index (χ0n) is 12.4. The van der Waals surface area contributed by atoms with E-state index in [1.54, 1.807) is 4.90 Å². The van der Waals surface area contributed by atoms with Gasteiger partial charge in [-0.2, -0.15) is 0 Å². The highest BCUT2D eigenvalue weighted by molar-refractivity contribution is 5.81. The number of halogens is 2. The maximum atomic E-state index is 13.2. The van der Waals surface area contributed by atoms with Crippen LogP contribution in [0.15, 0.2) is 0 Å². The third-order valence-corrected chi connectivity index (χ3v) is 4.50. The molecule has 7 heteroatoms. The molecule has 1 unspecified atom stereocenters. The maximum Gasteiger partial charge on any atom is 0.248 e. The van der Waals surface area contributed by atoms with E-state index in [0.717, 1.165) is 0 Å². The number of carbonyl (C=O) groups excluding carboxylic acids is 2. The lowest BCUT2D eigenvalue weighted by molar-refractivity contribution is -0.140. The Morgan fingerprint density at radius 2 is 1.71 bits per heavy atom. The van der Waals surface area contributed by atoms with Crippen LogP contribution in [0.4, 0.5) is 8.78 Å². The van der Waals surface area contributed by atoms with E-state index < -0.39 is 17.7 Å². The third-order valence-electron chi connectivity index (χ3n) is 4.50. The second-order valence-electron chi connectivity index (χ2n) is 6.28. The molecule has 0 aromatic rings. The van der Waals surface area contributed by atoms with Crippen molar-refractivity contribution in [1.82, 2.24) is 9.80 Å². The predicted molar refractivity (Wildman–Crippen MR) is 73.7 cm³/mol. The monoisotopic (exact) mass is 303 g/mol. The van der Waals surface area contributed by atoms with Crippen LogP contribution in [0.25, 0.3) is 0 Å². The number of nitrogens with two attached hydrogens (primary N) is 1. The van der Waals surface area contributed by atoms with Crippen LogP contribution in [0.2, 0.25) is 0 Å². The van der Waals surface area contributed by atoms with Crippen LogP contribution < -0.4 is 5.73 Å². The minimum atomic E-state index is -2.63. The lowest BCUT2D eigenvalue weighted by atomic mass is 9.85. The second kappa shape index (κ2) is 6.25. The van der Waals surface area contributed by atoms with Crippen LogP contribution in [0, 0.1) is 11.8 Å². The Kier molecular flexibility index (Phi) is 4.81. The Balaban J connectivity index is 1.99. The van der Waals surface area contributed by atoms with Gasteiger partial charge in [0.05, 0.1) is 5.92 Å². The van der Waals surface area contributed by atoms with Gasteiger partial charge in [-0.05, 0) is 19.9 Å². The molecular formula is C14H23F2N3O2. The zero-order valence-corrected chi connectivity index (χ0v) is 12.4. The second-order valence-corrected chi connectivity index (χ2v) is 6.28. The molecule has 0 bridgehead atoms. The van der Waals surface area contributed by atoms with Crippen molar-refractivity contribution in [3.8, 4) is 0 Å². The lowest BCUT2D eigenvalue weighted by Crippen LogP contribution is -2.44. The molecule has 1 aliphatic carbocycles. The molecule has 0 spiro atoms. The van der Waals surface area contributed by atoms with E-state index in [9.17, 15) is 18.4 Å². The molecule has 2 fully saturated rings. The van der Waals surface area contributed by atoms with Crippen molar-refractivity contribution in [2.45, 2.75) is 31.6 Å². The van der Waals surface area contributed by atoms with E-state index in [4.69, 9.17) is 5.73 Å². The Morgan fingerprint density at radius 1 is 1.10 bits per heavy atom. The first-order valence-corrected chi connectivity index (χ1v) is 7.43. The summed E-state index contributed by atoms with van der Waals surface area (Å²) < 4.78 is 26.3. The summed E-state index contributed by atoms with van der Waals surface area (Å²) in [6, 6.07) is 0.